The van der Waals surface area contributed by atoms with Crippen LogP contribution in [0.25, 0.3) is 0 Å². The largest absolute Gasteiger partial charge is 0.480 e. The maximum atomic E-state index is 11.7. The topological polar surface area (TPSA) is 89.9 Å². The normalized spacial score (nSPS) is 19.0. The molecule has 1 rings (SSSR count). The van der Waals surface area contributed by atoms with Crippen molar-refractivity contribution in [3.63, 3.8) is 0 Å². The van der Waals surface area contributed by atoms with E-state index in [0.29, 0.717) is 25.8 Å². The average Bonchev–Trinajstić information content (AvgIpc) is 2.18. The lowest BCUT2D eigenvalue weighted by Gasteiger charge is -2.39. The summed E-state index contributed by atoms with van der Waals surface area (Å²) < 4.78 is 0. The Kier molecular flexibility index (Phi) is 4.34. The fourth-order valence-electron chi connectivity index (χ4n) is 1.70. The minimum atomic E-state index is -1.07. The first-order valence-electron chi connectivity index (χ1n) is 5.82. The molecule has 0 spiro atoms. The van der Waals surface area contributed by atoms with Crippen LogP contribution < -0.4 is 5.32 Å². The summed E-state index contributed by atoms with van der Waals surface area (Å²) in [5.74, 6) is -0.971. The Labute approximate surface area is 101 Å². The van der Waals surface area contributed by atoms with Crippen molar-refractivity contribution in [1.82, 2.24) is 10.2 Å². The predicted molar refractivity (Wildman–Crippen MR) is 61.7 cm³/mol. The second-order valence-corrected chi connectivity index (χ2v) is 4.73. The lowest BCUT2D eigenvalue weighted by Crippen LogP contribution is -2.61. The van der Waals surface area contributed by atoms with Crippen LogP contribution in [0.5, 0.6) is 0 Å². The van der Waals surface area contributed by atoms with Gasteiger partial charge in [0.25, 0.3) is 0 Å². The van der Waals surface area contributed by atoms with Crippen LogP contribution in [0.1, 0.15) is 32.6 Å². The Hall–Kier alpha value is -1.30. The molecule has 98 valence electrons. The van der Waals surface area contributed by atoms with Gasteiger partial charge in [-0.2, -0.15) is 0 Å². The maximum absolute atomic E-state index is 11.7. The smallest absolute Gasteiger partial charge is 0.329 e. The highest BCUT2D eigenvalue weighted by Crippen LogP contribution is 2.32. The number of hydrogen-bond acceptors (Lipinski definition) is 3. The zero-order valence-corrected chi connectivity index (χ0v) is 10.3. The number of nitrogens with one attached hydrogen (secondary N) is 1. The molecule has 1 unspecified atom stereocenters. The van der Waals surface area contributed by atoms with Gasteiger partial charge in [0, 0.05) is 13.6 Å². The molecule has 0 aliphatic heterocycles. The summed E-state index contributed by atoms with van der Waals surface area (Å²) in [6.07, 6.45) is 1.80. The molecule has 0 aromatic heterocycles. The van der Waals surface area contributed by atoms with Crippen LogP contribution in [-0.4, -0.2) is 52.3 Å². The predicted octanol–water partition coefficient (Wildman–Crippen LogP) is 0.406. The first-order valence-corrected chi connectivity index (χ1v) is 5.82. The standard InChI is InChI=1S/C11H20N2O4/c1-8(14)4-7-13(2)10(17)12-11(9(15)16)5-3-6-11/h8,14H,3-7H2,1-2H3,(H,12,17)(H,15,16). The molecule has 0 aromatic carbocycles. The van der Waals surface area contributed by atoms with Crippen LogP contribution in [0.15, 0.2) is 0 Å². The summed E-state index contributed by atoms with van der Waals surface area (Å²) in [6.45, 7) is 2.05. The zero-order chi connectivity index (χ0) is 13.1. The summed E-state index contributed by atoms with van der Waals surface area (Å²) in [5, 5.41) is 20.7. The second-order valence-electron chi connectivity index (χ2n) is 4.73. The second kappa shape index (κ2) is 5.35. The number of aliphatic hydroxyl groups is 1. The molecule has 0 heterocycles. The molecule has 6 heteroatoms. The van der Waals surface area contributed by atoms with Gasteiger partial charge < -0.3 is 20.4 Å². The molecule has 1 atom stereocenters. The number of urea groups is 1. The Balaban J connectivity index is 2.45. The average molecular weight is 244 g/mol. The fraction of sp³-hybridized carbons (Fsp3) is 0.818. The maximum Gasteiger partial charge on any atom is 0.329 e. The van der Waals surface area contributed by atoms with E-state index in [1.807, 2.05) is 0 Å². The van der Waals surface area contributed by atoms with E-state index in [4.69, 9.17) is 10.2 Å². The number of hydrogen-bond donors (Lipinski definition) is 3. The lowest BCUT2D eigenvalue weighted by atomic mass is 9.77. The monoisotopic (exact) mass is 244 g/mol. The van der Waals surface area contributed by atoms with E-state index in [-0.39, 0.29) is 0 Å². The SMILES string of the molecule is CC(O)CCN(C)C(=O)NC1(C(=O)O)CCC1. The Bertz CT molecular complexity index is 300. The van der Waals surface area contributed by atoms with Gasteiger partial charge in [0.15, 0.2) is 0 Å². The van der Waals surface area contributed by atoms with E-state index in [1.165, 1.54) is 4.90 Å². The molecule has 0 radical (unpaired) electrons. The van der Waals surface area contributed by atoms with Crippen LogP contribution in [0.4, 0.5) is 4.79 Å². The number of carboxylic acid groups (broad SMARTS) is 1. The molecule has 0 aromatic rings. The van der Waals surface area contributed by atoms with Crippen molar-refractivity contribution < 1.29 is 19.8 Å². The molecule has 3 N–H and O–H groups in total. The molecule has 0 saturated heterocycles. The van der Waals surface area contributed by atoms with E-state index in [0.717, 1.165) is 6.42 Å². The van der Waals surface area contributed by atoms with Crippen LogP contribution in [0.3, 0.4) is 0 Å². The van der Waals surface area contributed by atoms with E-state index in [9.17, 15) is 9.59 Å². The number of aliphatic hydroxyl groups excluding tert-OH is 1. The first-order chi connectivity index (χ1) is 7.87. The van der Waals surface area contributed by atoms with Gasteiger partial charge in [0.05, 0.1) is 6.10 Å². The quantitative estimate of drug-likeness (QED) is 0.653. The van der Waals surface area contributed by atoms with E-state index < -0.39 is 23.6 Å². The molecular formula is C11H20N2O4. The van der Waals surface area contributed by atoms with Crippen LogP contribution in [0, 0.1) is 0 Å². The number of carbonyl (C=O) groups is 2. The molecule has 1 saturated carbocycles. The Morgan fingerprint density at radius 2 is 2.06 bits per heavy atom. The number of carboxylic acids is 1. The van der Waals surface area contributed by atoms with Crippen molar-refractivity contribution in [1.29, 1.82) is 0 Å². The molecule has 6 nitrogen and oxygen atoms in total. The number of rotatable bonds is 5. The van der Waals surface area contributed by atoms with Crippen LogP contribution in [0.2, 0.25) is 0 Å². The van der Waals surface area contributed by atoms with E-state index in [2.05, 4.69) is 5.32 Å². The van der Waals surface area contributed by atoms with E-state index in [1.54, 1.807) is 14.0 Å². The van der Waals surface area contributed by atoms with Crippen molar-refractivity contribution in [2.45, 2.75) is 44.2 Å². The van der Waals surface area contributed by atoms with Crippen molar-refractivity contribution in [2.24, 2.45) is 0 Å². The van der Waals surface area contributed by atoms with Gasteiger partial charge in [-0.25, -0.2) is 9.59 Å². The zero-order valence-electron chi connectivity index (χ0n) is 10.3. The molecule has 2 amide bonds. The molecule has 1 fully saturated rings. The van der Waals surface area contributed by atoms with Gasteiger partial charge in [-0.05, 0) is 32.6 Å². The summed E-state index contributed by atoms with van der Waals surface area (Å²) in [7, 11) is 1.59. The number of carbonyl (C=O) groups excluding carboxylic acids is 1. The van der Waals surface area contributed by atoms with Gasteiger partial charge >= 0.3 is 12.0 Å². The van der Waals surface area contributed by atoms with Crippen LogP contribution in [-0.2, 0) is 4.79 Å². The number of aliphatic carboxylic acids is 1. The lowest BCUT2D eigenvalue weighted by molar-refractivity contribution is -0.148. The Morgan fingerprint density at radius 1 is 1.47 bits per heavy atom. The molecule has 0 bridgehead atoms. The third-order valence-corrected chi connectivity index (χ3v) is 3.19. The fourth-order valence-corrected chi connectivity index (χ4v) is 1.70. The van der Waals surface area contributed by atoms with Crippen LogP contribution >= 0.6 is 0 Å². The third-order valence-electron chi connectivity index (χ3n) is 3.19. The van der Waals surface area contributed by atoms with Crippen molar-refractivity contribution in [3.05, 3.63) is 0 Å². The first kappa shape index (κ1) is 13.8. The Morgan fingerprint density at radius 3 is 2.41 bits per heavy atom. The molecule has 1 aliphatic rings. The van der Waals surface area contributed by atoms with Crippen molar-refractivity contribution >= 4 is 12.0 Å². The highest BCUT2D eigenvalue weighted by atomic mass is 16.4. The highest BCUT2D eigenvalue weighted by molar-refractivity contribution is 5.87. The van der Waals surface area contributed by atoms with Crippen molar-refractivity contribution in [2.75, 3.05) is 13.6 Å². The van der Waals surface area contributed by atoms with Gasteiger partial charge in [0.1, 0.15) is 5.54 Å². The van der Waals surface area contributed by atoms with E-state index >= 15 is 0 Å². The minimum Gasteiger partial charge on any atom is -0.480 e. The summed E-state index contributed by atoms with van der Waals surface area (Å²) in [5.41, 5.74) is -1.07. The third kappa shape index (κ3) is 3.33. The van der Waals surface area contributed by atoms with Gasteiger partial charge in [-0.3, -0.25) is 0 Å². The molecular weight excluding hydrogens is 224 g/mol. The van der Waals surface area contributed by atoms with Gasteiger partial charge in [0.2, 0.25) is 0 Å². The summed E-state index contributed by atoms with van der Waals surface area (Å²) >= 11 is 0. The van der Waals surface area contributed by atoms with Gasteiger partial charge in [-0.1, -0.05) is 0 Å². The van der Waals surface area contributed by atoms with Gasteiger partial charge in [-0.15, -0.1) is 0 Å². The number of amides is 2. The summed E-state index contributed by atoms with van der Waals surface area (Å²) in [4.78, 5) is 24.2. The number of nitrogens with zero attached hydrogens (tertiary/aromatic N) is 1. The summed E-state index contributed by atoms with van der Waals surface area (Å²) in [6, 6.07) is -0.396. The molecule has 17 heavy (non-hydrogen) atoms. The minimum absolute atomic E-state index is 0.396. The molecule has 1 aliphatic carbocycles. The van der Waals surface area contributed by atoms with Crippen molar-refractivity contribution in [3.8, 4) is 0 Å². The highest BCUT2D eigenvalue weighted by Gasteiger charge is 2.46.